The molecule has 0 saturated heterocycles. The number of para-hydroxylation sites is 2. The van der Waals surface area contributed by atoms with Gasteiger partial charge in [0.05, 0.1) is 11.0 Å². The van der Waals surface area contributed by atoms with Crippen molar-refractivity contribution in [3.8, 4) is 0 Å². The molecule has 1 aliphatic heterocycles. The number of anilines is 2. The van der Waals surface area contributed by atoms with Crippen LogP contribution >= 0.6 is 0 Å². The maximum absolute atomic E-state index is 10.8. The zero-order chi connectivity index (χ0) is 14.6. The number of aryl methyl sites for hydroxylation is 1. The van der Waals surface area contributed by atoms with Gasteiger partial charge in [-0.25, -0.2) is 4.98 Å². The lowest BCUT2D eigenvalue weighted by atomic mass is 10.3. The summed E-state index contributed by atoms with van der Waals surface area (Å²) in [6, 6.07) is 7.85. The van der Waals surface area contributed by atoms with E-state index in [0.29, 0.717) is 12.5 Å². The van der Waals surface area contributed by atoms with Crippen molar-refractivity contribution in [3.63, 3.8) is 0 Å². The molecule has 0 amide bonds. The predicted molar refractivity (Wildman–Crippen MR) is 74.4 cm³/mol. The third-order valence-electron chi connectivity index (χ3n) is 3.56. The Balaban J connectivity index is 1.85. The van der Waals surface area contributed by atoms with Crippen LogP contribution in [0.1, 0.15) is 0 Å². The molecule has 21 heavy (non-hydrogen) atoms. The van der Waals surface area contributed by atoms with Crippen LogP contribution in [-0.2, 0) is 13.6 Å². The second-order valence-corrected chi connectivity index (χ2v) is 4.80. The first kappa shape index (κ1) is 11.8. The molecule has 0 unspecified atom stereocenters. The summed E-state index contributed by atoms with van der Waals surface area (Å²) in [6.07, 6.45) is 0. The van der Waals surface area contributed by atoms with Crippen LogP contribution in [-0.4, -0.2) is 35.8 Å². The third kappa shape index (κ3) is 1.60. The van der Waals surface area contributed by atoms with Crippen molar-refractivity contribution >= 4 is 28.9 Å². The van der Waals surface area contributed by atoms with Crippen LogP contribution in [0.5, 0.6) is 0 Å². The Morgan fingerprint density at radius 3 is 2.76 bits per heavy atom. The molecule has 0 fully saturated rings. The first-order valence-electron chi connectivity index (χ1n) is 6.43. The van der Waals surface area contributed by atoms with Gasteiger partial charge in [0.25, 0.3) is 0 Å². The summed E-state index contributed by atoms with van der Waals surface area (Å²) in [7, 11) is 1.64. The summed E-state index contributed by atoms with van der Waals surface area (Å²) < 4.78 is 3.49. The van der Waals surface area contributed by atoms with Gasteiger partial charge in [-0.05, 0) is 22.0 Å². The Labute approximate surface area is 118 Å². The molecule has 106 valence electrons. The summed E-state index contributed by atoms with van der Waals surface area (Å²) in [5.74, 6) is 0.763. The van der Waals surface area contributed by atoms with Gasteiger partial charge in [0.15, 0.2) is 0 Å². The van der Waals surface area contributed by atoms with Crippen LogP contribution in [0.4, 0.5) is 17.8 Å². The minimum absolute atomic E-state index is 0.401. The topological polar surface area (TPSA) is 94.9 Å². The van der Waals surface area contributed by atoms with E-state index in [-0.39, 0.29) is 0 Å². The van der Waals surface area contributed by atoms with Gasteiger partial charge in [-0.3, -0.25) is 4.90 Å². The van der Waals surface area contributed by atoms with E-state index in [9.17, 15) is 10.1 Å². The minimum atomic E-state index is -0.595. The minimum Gasteiger partial charge on any atom is -0.390 e. The van der Waals surface area contributed by atoms with Crippen molar-refractivity contribution in [2.24, 2.45) is 7.05 Å². The molecule has 9 nitrogen and oxygen atoms in total. The number of hydrogen-bond acceptors (Lipinski definition) is 6. The summed E-state index contributed by atoms with van der Waals surface area (Å²) in [6.45, 7) is 1.42. The highest BCUT2D eigenvalue weighted by Gasteiger charge is 2.32. The highest BCUT2D eigenvalue weighted by molar-refractivity contribution is 5.80. The van der Waals surface area contributed by atoms with Crippen LogP contribution in [0.3, 0.4) is 0 Å². The van der Waals surface area contributed by atoms with E-state index in [4.69, 9.17) is 0 Å². The standard InChI is InChI=1S/C12H11N7O2/c1-16-11(14-10(15-16)19(20)21)18-7-6-17-9-5-3-2-4-8(9)13-12(17)18/h2-5H,6-7H2,1H3. The average molecular weight is 285 g/mol. The van der Waals surface area contributed by atoms with E-state index in [1.807, 2.05) is 29.2 Å². The average Bonchev–Trinajstić information content (AvgIpc) is 3.11. The fourth-order valence-corrected chi connectivity index (χ4v) is 2.65. The molecule has 9 heteroatoms. The quantitative estimate of drug-likeness (QED) is 0.519. The number of hydrogen-bond donors (Lipinski definition) is 0. The Morgan fingerprint density at radius 1 is 1.19 bits per heavy atom. The van der Waals surface area contributed by atoms with Gasteiger partial charge in [0.1, 0.15) is 0 Å². The molecule has 0 atom stereocenters. The molecule has 1 aliphatic rings. The van der Waals surface area contributed by atoms with E-state index >= 15 is 0 Å². The number of nitrogens with zero attached hydrogens (tertiary/aromatic N) is 7. The second-order valence-electron chi connectivity index (χ2n) is 4.80. The van der Waals surface area contributed by atoms with E-state index in [2.05, 4.69) is 19.6 Å². The lowest BCUT2D eigenvalue weighted by Crippen LogP contribution is -2.18. The Bertz CT molecular complexity index is 866. The van der Waals surface area contributed by atoms with Crippen molar-refractivity contribution in [1.82, 2.24) is 24.3 Å². The highest BCUT2D eigenvalue weighted by atomic mass is 16.6. The Morgan fingerprint density at radius 2 is 2.00 bits per heavy atom. The van der Waals surface area contributed by atoms with Gasteiger partial charge in [-0.15, -0.1) is 0 Å². The predicted octanol–water partition coefficient (Wildman–Crippen LogP) is 1.22. The first-order valence-corrected chi connectivity index (χ1v) is 6.43. The number of imidazole rings is 1. The number of benzene rings is 1. The molecule has 3 aromatic rings. The lowest BCUT2D eigenvalue weighted by Gasteiger charge is -2.09. The normalized spacial score (nSPS) is 13.9. The maximum Gasteiger partial charge on any atom is 0.493 e. The van der Waals surface area contributed by atoms with E-state index in [0.717, 1.165) is 23.5 Å². The highest BCUT2D eigenvalue weighted by Crippen LogP contribution is 2.32. The second kappa shape index (κ2) is 4.01. The summed E-state index contributed by atoms with van der Waals surface area (Å²) in [5, 5.41) is 14.6. The van der Waals surface area contributed by atoms with E-state index < -0.39 is 10.9 Å². The number of fused-ring (bicyclic) bond motifs is 3. The van der Waals surface area contributed by atoms with E-state index in [1.165, 1.54) is 4.68 Å². The summed E-state index contributed by atoms with van der Waals surface area (Å²) in [4.78, 5) is 20.6. The molecule has 4 rings (SSSR count). The first-order chi connectivity index (χ1) is 10.1. The van der Waals surface area contributed by atoms with Crippen molar-refractivity contribution in [3.05, 3.63) is 34.4 Å². The van der Waals surface area contributed by atoms with Crippen LogP contribution in [0.2, 0.25) is 0 Å². The van der Waals surface area contributed by atoms with Crippen LogP contribution in [0, 0.1) is 10.1 Å². The fraction of sp³-hybridized carbons (Fsp3) is 0.250. The maximum atomic E-state index is 10.8. The number of nitro groups is 1. The SMILES string of the molecule is Cn1nc([N+](=O)[O-])nc1N1CCn2c1nc1ccccc12. The molecular weight excluding hydrogens is 274 g/mol. The van der Waals surface area contributed by atoms with Crippen LogP contribution in [0.15, 0.2) is 24.3 Å². The zero-order valence-corrected chi connectivity index (χ0v) is 11.2. The van der Waals surface area contributed by atoms with Gasteiger partial charge >= 0.3 is 11.9 Å². The van der Waals surface area contributed by atoms with Gasteiger partial charge in [-0.1, -0.05) is 12.1 Å². The molecule has 0 bridgehead atoms. The third-order valence-corrected chi connectivity index (χ3v) is 3.56. The Kier molecular flexibility index (Phi) is 2.26. The molecule has 0 radical (unpaired) electrons. The van der Waals surface area contributed by atoms with Gasteiger partial charge < -0.3 is 14.7 Å². The van der Waals surface area contributed by atoms with Crippen molar-refractivity contribution < 1.29 is 4.92 Å². The van der Waals surface area contributed by atoms with Crippen molar-refractivity contribution in [1.29, 1.82) is 0 Å². The number of aromatic nitrogens is 5. The molecule has 0 aliphatic carbocycles. The summed E-state index contributed by atoms with van der Waals surface area (Å²) >= 11 is 0. The molecule has 0 saturated carbocycles. The molecule has 0 spiro atoms. The monoisotopic (exact) mass is 285 g/mol. The zero-order valence-electron chi connectivity index (χ0n) is 11.2. The molecule has 1 aromatic carbocycles. The van der Waals surface area contributed by atoms with Crippen LogP contribution in [0.25, 0.3) is 11.0 Å². The summed E-state index contributed by atoms with van der Waals surface area (Å²) in [5.41, 5.74) is 1.94. The van der Waals surface area contributed by atoms with Crippen molar-refractivity contribution in [2.45, 2.75) is 6.54 Å². The van der Waals surface area contributed by atoms with Gasteiger partial charge in [0, 0.05) is 25.2 Å². The molecule has 2 aromatic heterocycles. The number of rotatable bonds is 2. The molecule has 0 N–H and O–H groups in total. The Hall–Kier alpha value is -2.97. The smallest absolute Gasteiger partial charge is 0.390 e. The van der Waals surface area contributed by atoms with Gasteiger partial charge in [-0.2, -0.15) is 4.68 Å². The van der Waals surface area contributed by atoms with E-state index in [1.54, 1.807) is 7.05 Å². The molecular formula is C12H11N7O2. The largest absolute Gasteiger partial charge is 0.493 e. The van der Waals surface area contributed by atoms with Gasteiger partial charge in [0.2, 0.25) is 5.95 Å². The van der Waals surface area contributed by atoms with Crippen molar-refractivity contribution in [2.75, 3.05) is 11.4 Å². The molecule has 3 heterocycles. The lowest BCUT2D eigenvalue weighted by molar-refractivity contribution is -0.394. The fourth-order valence-electron chi connectivity index (χ4n) is 2.65. The van der Waals surface area contributed by atoms with Crippen LogP contribution < -0.4 is 4.90 Å².